The molecule has 3 N–H and O–H groups in total. The summed E-state index contributed by atoms with van der Waals surface area (Å²) in [4.78, 5) is 17.7. The molecule has 14 heavy (non-hydrogen) atoms. The van der Waals surface area contributed by atoms with Gasteiger partial charge in [-0.1, -0.05) is 0 Å². The van der Waals surface area contributed by atoms with E-state index in [1.807, 2.05) is 11.9 Å². The standard InChI is InChI=1S/C8H13N5O/c1-9-8-12-7(14)5-6(13(8)2)11-4-3-10-5/h3-5,8-10H,1-2H3,(H,12,14). The highest BCUT2D eigenvalue weighted by atomic mass is 16.2. The lowest BCUT2D eigenvalue weighted by Gasteiger charge is -2.40. The van der Waals surface area contributed by atoms with Crippen molar-refractivity contribution in [3.05, 3.63) is 12.4 Å². The van der Waals surface area contributed by atoms with E-state index in [1.54, 1.807) is 19.4 Å². The predicted molar refractivity (Wildman–Crippen MR) is 52.3 cm³/mol. The molecule has 0 aromatic rings. The summed E-state index contributed by atoms with van der Waals surface area (Å²) in [7, 11) is 3.67. The van der Waals surface area contributed by atoms with E-state index in [-0.39, 0.29) is 18.2 Å². The fraction of sp³-hybridized carbons (Fsp3) is 0.500. The minimum atomic E-state index is -0.366. The molecule has 0 bridgehead atoms. The molecule has 1 amide bonds. The van der Waals surface area contributed by atoms with Crippen molar-refractivity contribution in [2.24, 2.45) is 4.99 Å². The minimum absolute atomic E-state index is 0.0643. The van der Waals surface area contributed by atoms with Gasteiger partial charge >= 0.3 is 0 Å². The van der Waals surface area contributed by atoms with Gasteiger partial charge in [-0.2, -0.15) is 0 Å². The maximum Gasteiger partial charge on any atom is 0.252 e. The highest BCUT2D eigenvalue weighted by molar-refractivity contribution is 6.09. The van der Waals surface area contributed by atoms with Crippen molar-refractivity contribution < 1.29 is 4.79 Å². The Balaban J connectivity index is 2.28. The Bertz CT molecular complexity index is 311. The van der Waals surface area contributed by atoms with E-state index in [1.165, 1.54) is 0 Å². The molecule has 2 heterocycles. The van der Waals surface area contributed by atoms with E-state index in [9.17, 15) is 4.79 Å². The number of nitrogens with zero attached hydrogens (tertiary/aromatic N) is 2. The number of amidine groups is 1. The number of rotatable bonds is 1. The Hall–Kier alpha value is -1.56. The smallest absolute Gasteiger partial charge is 0.252 e. The fourth-order valence-electron chi connectivity index (χ4n) is 1.60. The second-order valence-electron chi connectivity index (χ2n) is 3.21. The van der Waals surface area contributed by atoms with Gasteiger partial charge in [0, 0.05) is 19.4 Å². The maximum atomic E-state index is 11.6. The van der Waals surface area contributed by atoms with Crippen LogP contribution in [0.3, 0.4) is 0 Å². The van der Waals surface area contributed by atoms with Crippen LogP contribution >= 0.6 is 0 Å². The van der Waals surface area contributed by atoms with Crippen LogP contribution < -0.4 is 16.0 Å². The Morgan fingerprint density at radius 1 is 1.64 bits per heavy atom. The van der Waals surface area contributed by atoms with Gasteiger partial charge in [-0.05, 0) is 7.05 Å². The van der Waals surface area contributed by atoms with Crippen molar-refractivity contribution in [3.63, 3.8) is 0 Å². The number of aliphatic imine (C=N–C) groups is 1. The van der Waals surface area contributed by atoms with Crippen LogP contribution in [0, 0.1) is 0 Å². The summed E-state index contributed by atoms with van der Waals surface area (Å²) in [5.41, 5.74) is 0. The van der Waals surface area contributed by atoms with Gasteiger partial charge in [-0.25, -0.2) is 4.99 Å². The number of hydrogen-bond acceptors (Lipinski definition) is 5. The lowest BCUT2D eigenvalue weighted by Crippen LogP contribution is -2.69. The minimum Gasteiger partial charge on any atom is -0.372 e. The average Bonchev–Trinajstić information content (AvgIpc) is 2.23. The second-order valence-corrected chi connectivity index (χ2v) is 3.21. The fourth-order valence-corrected chi connectivity index (χ4v) is 1.60. The lowest BCUT2D eigenvalue weighted by atomic mass is 10.1. The zero-order valence-corrected chi connectivity index (χ0v) is 8.11. The normalized spacial score (nSPS) is 30.3. The number of likely N-dealkylation sites (N-methyl/N-ethyl adjacent to an activating group) is 1. The number of hydrogen-bond donors (Lipinski definition) is 3. The van der Waals surface area contributed by atoms with Gasteiger partial charge in [0.2, 0.25) is 0 Å². The van der Waals surface area contributed by atoms with Crippen LogP contribution in [-0.4, -0.2) is 43.1 Å². The first-order valence-electron chi connectivity index (χ1n) is 4.43. The predicted octanol–water partition coefficient (Wildman–Crippen LogP) is -1.61. The molecule has 1 fully saturated rings. The highest BCUT2D eigenvalue weighted by Gasteiger charge is 2.36. The second kappa shape index (κ2) is 3.30. The van der Waals surface area contributed by atoms with E-state index in [0.717, 1.165) is 5.84 Å². The van der Waals surface area contributed by atoms with E-state index in [0.29, 0.717) is 0 Å². The molecule has 0 saturated carbocycles. The first kappa shape index (κ1) is 9.01. The van der Waals surface area contributed by atoms with Crippen molar-refractivity contribution >= 4 is 11.7 Å². The van der Waals surface area contributed by atoms with Crippen LogP contribution in [0.5, 0.6) is 0 Å². The van der Waals surface area contributed by atoms with Gasteiger partial charge < -0.3 is 15.5 Å². The molecule has 76 valence electrons. The molecule has 2 aliphatic heterocycles. The topological polar surface area (TPSA) is 68.8 Å². The number of fused-ring (bicyclic) bond motifs is 1. The van der Waals surface area contributed by atoms with E-state index < -0.39 is 0 Å². The van der Waals surface area contributed by atoms with Crippen LogP contribution in [-0.2, 0) is 4.79 Å². The quantitative estimate of drug-likeness (QED) is 0.471. The van der Waals surface area contributed by atoms with Crippen molar-refractivity contribution in [2.75, 3.05) is 14.1 Å². The molecule has 1 saturated heterocycles. The lowest BCUT2D eigenvalue weighted by molar-refractivity contribution is -0.124. The van der Waals surface area contributed by atoms with Crippen LogP contribution in [0.2, 0.25) is 0 Å². The molecule has 2 rings (SSSR count). The molecular weight excluding hydrogens is 182 g/mol. The molecule has 0 spiro atoms. The molecule has 6 nitrogen and oxygen atoms in total. The number of nitrogens with one attached hydrogen (secondary N) is 3. The van der Waals surface area contributed by atoms with Crippen LogP contribution in [0.4, 0.5) is 0 Å². The van der Waals surface area contributed by atoms with Crippen molar-refractivity contribution in [1.82, 2.24) is 20.9 Å². The van der Waals surface area contributed by atoms with Gasteiger partial charge in [0.15, 0.2) is 12.3 Å². The highest BCUT2D eigenvalue weighted by Crippen LogP contribution is 2.08. The first-order chi connectivity index (χ1) is 6.74. The molecule has 0 aromatic carbocycles. The Morgan fingerprint density at radius 3 is 3.14 bits per heavy atom. The molecule has 0 radical (unpaired) electrons. The molecule has 0 aliphatic carbocycles. The van der Waals surface area contributed by atoms with E-state index >= 15 is 0 Å². The molecule has 6 heteroatoms. The van der Waals surface area contributed by atoms with Crippen molar-refractivity contribution in [2.45, 2.75) is 12.3 Å². The van der Waals surface area contributed by atoms with Crippen LogP contribution in [0.1, 0.15) is 0 Å². The van der Waals surface area contributed by atoms with E-state index in [4.69, 9.17) is 0 Å². The third-order valence-electron chi connectivity index (χ3n) is 2.37. The van der Waals surface area contributed by atoms with E-state index in [2.05, 4.69) is 20.9 Å². The van der Waals surface area contributed by atoms with Gasteiger partial charge in [0.05, 0.1) is 0 Å². The number of carbonyl (C=O) groups is 1. The number of carbonyl (C=O) groups excluding carboxylic acids is 1. The number of amides is 1. The van der Waals surface area contributed by atoms with Gasteiger partial charge in [-0.15, -0.1) is 0 Å². The van der Waals surface area contributed by atoms with Gasteiger partial charge in [0.1, 0.15) is 5.84 Å². The summed E-state index contributed by atoms with van der Waals surface area (Å²) >= 11 is 0. The van der Waals surface area contributed by atoms with Crippen LogP contribution in [0.15, 0.2) is 17.4 Å². The van der Waals surface area contributed by atoms with Crippen molar-refractivity contribution in [1.29, 1.82) is 0 Å². The monoisotopic (exact) mass is 195 g/mol. The molecule has 2 aliphatic rings. The Kier molecular flexibility index (Phi) is 2.12. The summed E-state index contributed by atoms with van der Waals surface area (Å²) in [5.74, 6) is 0.668. The van der Waals surface area contributed by atoms with Crippen LogP contribution in [0.25, 0.3) is 0 Å². The summed E-state index contributed by atoms with van der Waals surface area (Å²) in [6.45, 7) is 0. The molecule has 0 aromatic heterocycles. The Labute approximate surface area is 82.1 Å². The molecule has 2 atom stereocenters. The van der Waals surface area contributed by atoms with Gasteiger partial charge in [-0.3, -0.25) is 10.1 Å². The largest absolute Gasteiger partial charge is 0.372 e. The third kappa shape index (κ3) is 1.24. The summed E-state index contributed by atoms with van der Waals surface area (Å²) < 4.78 is 0. The first-order valence-corrected chi connectivity index (χ1v) is 4.43. The summed E-state index contributed by atoms with van der Waals surface area (Å²) in [6, 6.07) is -0.366. The zero-order chi connectivity index (χ0) is 10.1. The third-order valence-corrected chi connectivity index (χ3v) is 2.37. The average molecular weight is 195 g/mol. The Morgan fingerprint density at radius 2 is 2.43 bits per heavy atom. The molecule has 2 unspecified atom stereocenters. The molecular formula is C8H13N5O. The van der Waals surface area contributed by atoms with Gasteiger partial charge in [0.25, 0.3) is 5.91 Å². The maximum absolute atomic E-state index is 11.6. The summed E-state index contributed by atoms with van der Waals surface area (Å²) in [5, 5.41) is 8.75. The SMILES string of the molecule is CNC1NC(=O)C2NC=CN=C2N1C. The van der Waals surface area contributed by atoms with Crippen molar-refractivity contribution in [3.8, 4) is 0 Å². The zero-order valence-electron chi connectivity index (χ0n) is 8.11. The summed E-state index contributed by atoms with van der Waals surface area (Å²) in [6.07, 6.45) is 3.13.